The summed E-state index contributed by atoms with van der Waals surface area (Å²) in [5.41, 5.74) is -4.50. The van der Waals surface area contributed by atoms with E-state index >= 15 is 0 Å². The highest BCUT2D eigenvalue weighted by Gasteiger charge is 2.48. The largest absolute Gasteiger partial charge is 0.534 e. The Hall–Kier alpha value is -2.59. The second-order valence-electron chi connectivity index (χ2n) is 5.17. The van der Waals surface area contributed by atoms with Crippen LogP contribution < -0.4 is 9.50 Å². The molecule has 1 amide bonds. The van der Waals surface area contributed by atoms with E-state index in [0.717, 1.165) is 6.07 Å². The zero-order valence-corrected chi connectivity index (χ0v) is 14.4. The molecule has 1 N–H and O–H groups in total. The van der Waals surface area contributed by atoms with Gasteiger partial charge in [0.2, 0.25) is 0 Å². The van der Waals surface area contributed by atoms with E-state index in [-0.39, 0.29) is 5.91 Å². The van der Waals surface area contributed by atoms with E-state index in [1.807, 2.05) is 0 Å². The van der Waals surface area contributed by atoms with E-state index in [2.05, 4.69) is 9.50 Å². The van der Waals surface area contributed by atoms with E-state index in [4.69, 9.17) is 0 Å². The highest BCUT2D eigenvalue weighted by molar-refractivity contribution is 7.88. The summed E-state index contributed by atoms with van der Waals surface area (Å²) in [6, 6.07) is 10.0. The average Bonchev–Trinajstić information content (AvgIpc) is 3.08. The number of alkyl halides is 3. The first kappa shape index (κ1) is 18.2. The van der Waals surface area contributed by atoms with Crippen LogP contribution in [0.25, 0.3) is 10.8 Å². The fourth-order valence-electron chi connectivity index (χ4n) is 2.12. The summed E-state index contributed by atoms with van der Waals surface area (Å²) < 4.78 is 63.3. The smallest absolute Gasteiger partial charge is 0.376 e. The molecule has 0 saturated heterocycles. The van der Waals surface area contributed by atoms with Crippen LogP contribution in [-0.4, -0.2) is 19.8 Å². The first-order valence-electron chi connectivity index (χ1n) is 7.04. The topological polar surface area (TPSA) is 72.5 Å². The number of anilines is 1. The Morgan fingerprint density at radius 3 is 2.38 bits per heavy atom. The summed E-state index contributed by atoms with van der Waals surface area (Å²) in [5, 5.41) is 7.21. The van der Waals surface area contributed by atoms with Gasteiger partial charge in [-0.25, -0.2) is 0 Å². The molecule has 0 spiro atoms. The van der Waals surface area contributed by atoms with Gasteiger partial charge in [0.1, 0.15) is 5.75 Å². The molecule has 1 aromatic heterocycles. The van der Waals surface area contributed by atoms with Crippen LogP contribution in [0.3, 0.4) is 0 Å². The Bertz CT molecular complexity index is 1060. The van der Waals surface area contributed by atoms with E-state index in [1.54, 1.807) is 29.0 Å². The van der Waals surface area contributed by atoms with Crippen LogP contribution in [0.15, 0.2) is 53.2 Å². The normalized spacial score (nSPS) is 12.1. The molecule has 5 nitrogen and oxygen atoms in total. The van der Waals surface area contributed by atoms with Crippen molar-refractivity contribution in [2.75, 3.05) is 5.32 Å². The van der Waals surface area contributed by atoms with Gasteiger partial charge in [-0.2, -0.15) is 32.9 Å². The summed E-state index contributed by atoms with van der Waals surface area (Å²) >= 11 is 1.38. The molecule has 26 heavy (non-hydrogen) atoms. The van der Waals surface area contributed by atoms with Crippen molar-refractivity contribution in [2.24, 2.45) is 0 Å². The van der Waals surface area contributed by atoms with E-state index < -0.39 is 21.4 Å². The van der Waals surface area contributed by atoms with Crippen molar-refractivity contribution >= 4 is 43.8 Å². The molecule has 136 valence electrons. The zero-order valence-electron chi connectivity index (χ0n) is 12.8. The summed E-state index contributed by atoms with van der Waals surface area (Å²) in [6.45, 7) is 0. The highest BCUT2D eigenvalue weighted by Crippen LogP contribution is 2.29. The minimum atomic E-state index is -5.72. The summed E-state index contributed by atoms with van der Waals surface area (Å²) in [5.74, 6) is -0.744. The minimum Gasteiger partial charge on any atom is -0.376 e. The Morgan fingerprint density at radius 2 is 1.73 bits per heavy atom. The molecule has 3 rings (SSSR count). The van der Waals surface area contributed by atoms with Gasteiger partial charge in [0.25, 0.3) is 5.91 Å². The van der Waals surface area contributed by atoms with Crippen LogP contribution in [0.4, 0.5) is 18.9 Å². The monoisotopic (exact) mass is 401 g/mol. The molecule has 0 bridgehead atoms. The first-order chi connectivity index (χ1) is 12.2. The lowest BCUT2D eigenvalue weighted by Gasteiger charge is -2.10. The van der Waals surface area contributed by atoms with Gasteiger partial charge >= 0.3 is 15.6 Å². The quantitative estimate of drug-likeness (QED) is 0.520. The standard InChI is InChI=1S/C16H10F3NO4S2/c17-16(18,19)26(22,23)24-14-4-2-10-7-13(3-1-11(10)8-14)20-15(21)12-5-6-25-9-12/h1-9H,(H,20,21). The molecule has 3 aromatic rings. The number of fused-ring (bicyclic) bond motifs is 1. The maximum absolute atomic E-state index is 12.4. The molecule has 0 fully saturated rings. The molecule has 0 unspecified atom stereocenters. The van der Waals surface area contributed by atoms with Crippen molar-refractivity contribution in [1.29, 1.82) is 0 Å². The van der Waals surface area contributed by atoms with Gasteiger partial charge in [-0.1, -0.05) is 12.1 Å². The minimum absolute atomic E-state index is 0.290. The van der Waals surface area contributed by atoms with E-state index in [9.17, 15) is 26.4 Å². The van der Waals surface area contributed by atoms with Crippen LogP contribution in [-0.2, 0) is 10.1 Å². The Labute approximate surface area is 150 Å². The molecule has 0 aliphatic rings. The number of hydrogen-bond donors (Lipinski definition) is 1. The number of hydrogen-bond acceptors (Lipinski definition) is 5. The van der Waals surface area contributed by atoms with Gasteiger partial charge in [0.05, 0.1) is 5.56 Å². The number of rotatable bonds is 4. The third-order valence-electron chi connectivity index (χ3n) is 3.34. The van der Waals surface area contributed by atoms with Crippen molar-refractivity contribution in [3.05, 3.63) is 58.8 Å². The van der Waals surface area contributed by atoms with Gasteiger partial charge in [0.15, 0.2) is 0 Å². The molecule has 0 aliphatic heterocycles. The second-order valence-corrected chi connectivity index (χ2v) is 7.49. The Kier molecular flexibility index (Phi) is 4.63. The van der Waals surface area contributed by atoms with Gasteiger partial charge < -0.3 is 9.50 Å². The summed E-state index contributed by atoms with van der Waals surface area (Å²) in [7, 11) is -5.72. The van der Waals surface area contributed by atoms with Crippen LogP contribution >= 0.6 is 11.3 Å². The third kappa shape index (κ3) is 3.81. The first-order valence-corrected chi connectivity index (χ1v) is 9.39. The highest BCUT2D eigenvalue weighted by atomic mass is 32.2. The molecule has 2 aromatic carbocycles. The van der Waals surface area contributed by atoms with Crippen molar-refractivity contribution in [1.82, 2.24) is 0 Å². The van der Waals surface area contributed by atoms with Crippen LogP contribution in [0.5, 0.6) is 5.75 Å². The number of thiophene rings is 1. The van der Waals surface area contributed by atoms with Crippen LogP contribution in [0.2, 0.25) is 0 Å². The fourth-order valence-corrected chi connectivity index (χ4v) is 3.21. The Balaban J connectivity index is 1.83. The summed E-state index contributed by atoms with van der Waals surface area (Å²) in [4.78, 5) is 12.0. The lowest BCUT2D eigenvalue weighted by Crippen LogP contribution is -2.28. The molecule has 10 heteroatoms. The summed E-state index contributed by atoms with van der Waals surface area (Å²) in [6.07, 6.45) is 0. The molecule has 0 radical (unpaired) electrons. The van der Waals surface area contributed by atoms with Gasteiger partial charge in [0, 0.05) is 11.1 Å². The SMILES string of the molecule is O=C(Nc1ccc2cc(OS(=O)(=O)C(F)(F)F)ccc2c1)c1ccsc1. The molecule has 0 atom stereocenters. The predicted molar refractivity (Wildman–Crippen MR) is 91.8 cm³/mol. The van der Waals surface area contributed by atoms with Gasteiger partial charge in [-0.3, -0.25) is 4.79 Å². The van der Waals surface area contributed by atoms with Crippen molar-refractivity contribution in [3.8, 4) is 5.75 Å². The predicted octanol–water partition coefficient (Wildman–Crippen LogP) is 4.38. The van der Waals surface area contributed by atoms with Gasteiger partial charge in [-0.05, 0) is 46.5 Å². The molecule has 1 heterocycles. The van der Waals surface area contributed by atoms with E-state index in [1.165, 1.54) is 29.5 Å². The maximum atomic E-state index is 12.4. The number of nitrogens with one attached hydrogen (secondary N) is 1. The molecular weight excluding hydrogens is 391 g/mol. The number of amides is 1. The number of halogens is 3. The number of carbonyl (C=O) groups is 1. The van der Waals surface area contributed by atoms with Crippen molar-refractivity contribution in [2.45, 2.75) is 5.51 Å². The molecule has 0 aliphatic carbocycles. The fraction of sp³-hybridized carbons (Fsp3) is 0.0625. The zero-order chi connectivity index (χ0) is 18.9. The molecule has 0 saturated carbocycles. The Morgan fingerprint density at radius 1 is 1.04 bits per heavy atom. The second kappa shape index (κ2) is 6.61. The van der Waals surface area contributed by atoms with E-state index in [0.29, 0.717) is 22.0 Å². The third-order valence-corrected chi connectivity index (χ3v) is 5.00. The van der Waals surface area contributed by atoms with Gasteiger partial charge in [-0.15, -0.1) is 0 Å². The number of carbonyl (C=O) groups excluding carboxylic acids is 1. The van der Waals surface area contributed by atoms with Crippen molar-refractivity contribution < 1.29 is 30.6 Å². The number of benzene rings is 2. The van der Waals surface area contributed by atoms with Crippen LogP contribution in [0, 0.1) is 0 Å². The van der Waals surface area contributed by atoms with Crippen LogP contribution in [0.1, 0.15) is 10.4 Å². The molecular formula is C16H10F3NO4S2. The lowest BCUT2D eigenvalue weighted by molar-refractivity contribution is -0.0500. The maximum Gasteiger partial charge on any atom is 0.534 e. The average molecular weight is 401 g/mol. The van der Waals surface area contributed by atoms with Crippen molar-refractivity contribution in [3.63, 3.8) is 0 Å². The lowest BCUT2D eigenvalue weighted by atomic mass is 10.1.